The van der Waals surface area contributed by atoms with E-state index in [2.05, 4.69) is 20.3 Å². The molecule has 5 heterocycles. The minimum atomic E-state index is -3.89. The van der Waals surface area contributed by atoms with Crippen molar-refractivity contribution in [1.82, 2.24) is 35.2 Å². The van der Waals surface area contributed by atoms with E-state index in [4.69, 9.17) is 19.4 Å². The first-order valence-electron chi connectivity index (χ1n) is 19.3. The van der Waals surface area contributed by atoms with E-state index < -0.39 is 68.7 Å². The summed E-state index contributed by atoms with van der Waals surface area (Å²) in [6, 6.07) is 5.26. The first kappa shape index (κ1) is 37.3. The molecule has 0 radical (unpaired) electrons. The number of rotatable bonds is 8. The minimum absolute atomic E-state index is 0.0290. The standard InChI is InChI=1S/C38H45N7O8S2/c46-33-29-20-25(52-34-31(30-15-9-19-54-30)40-27-14-8-18-39-32(27)42-34)22-45(29)35(47)28(41-37(49)53-24-11-6-7-12-24)13-5-3-1-2-4-10-23-21-38(23,43-33)36(48)44-55(50,51)26-16-17-26/h4,8-10,14-15,18-19,23-26,28-29H,1-3,5-7,11-13,16-17,20-22H2,(H,41,49)(H,43,46)(H,44,48)/b10-4-/t23?,25-,28+,29+,38-/m1/s1. The number of nitrogens with one attached hydrogen (secondary N) is 3. The molecule has 15 nitrogen and oxygen atoms in total. The molecule has 0 aromatic carbocycles. The summed E-state index contributed by atoms with van der Waals surface area (Å²) in [5.41, 5.74) is -0.0735. The quantitative estimate of drug-likeness (QED) is 0.277. The van der Waals surface area contributed by atoms with Crippen LogP contribution in [0.5, 0.6) is 5.88 Å². The second-order valence-corrected chi connectivity index (χ2v) is 18.1. The van der Waals surface area contributed by atoms with Gasteiger partial charge in [0.05, 0.1) is 16.7 Å². The molecule has 0 spiro atoms. The van der Waals surface area contributed by atoms with E-state index in [0.29, 0.717) is 49.0 Å². The molecule has 4 amide bonds. The Bertz CT molecular complexity index is 2090. The van der Waals surface area contributed by atoms with Crippen LogP contribution in [0.15, 0.2) is 48.0 Å². The van der Waals surface area contributed by atoms with Crippen LogP contribution >= 0.6 is 11.3 Å². The maximum atomic E-state index is 14.6. The minimum Gasteiger partial charge on any atom is -0.471 e. The van der Waals surface area contributed by atoms with Crippen molar-refractivity contribution in [3.05, 3.63) is 48.0 Å². The summed E-state index contributed by atoms with van der Waals surface area (Å²) in [6.45, 7) is -0.0306. The normalized spacial score (nSPS) is 28.3. The molecular weight excluding hydrogens is 747 g/mol. The lowest BCUT2D eigenvalue weighted by Crippen LogP contribution is -2.58. The number of carbonyl (C=O) groups is 4. The summed E-state index contributed by atoms with van der Waals surface area (Å²) in [5.74, 6) is -2.13. The van der Waals surface area contributed by atoms with Gasteiger partial charge in [-0.25, -0.2) is 23.2 Å². The third kappa shape index (κ3) is 8.18. The van der Waals surface area contributed by atoms with Gasteiger partial charge in [-0.1, -0.05) is 31.1 Å². The smallest absolute Gasteiger partial charge is 0.408 e. The Morgan fingerprint density at radius 1 is 0.982 bits per heavy atom. The highest BCUT2D eigenvalue weighted by Crippen LogP contribution is 2.46. The molecule has 3 saturated carbocycles. The fourth-order valence-corrected chi connectivity index (χ4v) is 9.94. The number of carbonyl (C=O) groups excluding carboxylic acids is 4. The second-order valence-electron chi connectivity index (χ2n) is 15.2. The van der Waals surface area contributed by atoms with Gasteiger partial charge in [-0.3, -0.25) is 19.1 Å². The highest BCUT2D eigenvalue weighted by Gasteiger charge is 2.62. The van der Waals surface area contributed by atoms with E-state index >= 15 is 0 Å². The van der Waals surface area contributed by atoms with Gasteiger partial charge in [0.2, 0.25) is 27.7 Å². The summed E-state index contributed by atoms with van der Waals surface area (Å²) in [7, 11) is -3.89. The second kappa shape index (κ2) is 15.5. The van der Waals surface area contributed by atoms with Crippen LogP contribution < -0.4 is 20.1 Å². The van der Waals surface area contributed by atoms with Crippen LogP contribution in [0.4, 0.5) is 4.79 Å². The molecule has 55 heavy (non-hydrogen) atoms. The maximum Gasteiger partial charge on any atom is 0.408 e. The molecule has 3 N–H and O–H groups in total. The van der Waals surface area contributed by atoms with Gasteiger partial charge < -0.3 is 25.0 Å². The van der Waals surface area contributed by atoms with Crippen LogP contribution in [0.1, 0.15) is 83.5 Å². The average Bonchev–Trinajstić information content (AvgIpc) is 3.90. The zero-order chi connectivity index (χ0) is 38.2. The van der Waals surface area contributed by atoms with Crippen molar-refractivity contribution >= 4 is 56.3 Å². The summed E-state index contributed by atoms with van der Waals surface area (Å²) >= 11 is 1.46. The zero-order valence-corrected chi connectivity index (χ0v) is 32.0. The van der Waals surface area contributed by atoms with E-state index in [-0.39, 0.29) is 31.4 Å². The number of pyridine rings is 1. The number of allylic oxidation sites excluding steroid dienone is 1. The predicted octanol–water partition coefficient (Wildman–Crippen LogP) is 4.14. The number of hydrogen-bond donors (Lipinski definition) is 3. The van der Waals surface area contributed by atoms with Crippen LogP contribution in [0.3, 0.4) is 0 Å². The zero-order valence-electron chi connectivity index (χ0n) is 30.4. The van der Waals surface area contributed by atoms with Gasteiger partial charge in [0, 0.05) is 18.5 Å². The molecule has 1 unspecified atom stereocenters. The summed E-state index contributed by atoms with van der Waals surface area (Å²) < 4.78 is 40.2. The van der Waals surface area contributed by atoms with E-state index in [1.54, 1.807) is 18.3 Å². The molecule has 4 fully saturated rings. The SMILES string of the molecule is O=C(N[C@H]1CCCCC/C=C\C2C[C@@]2(C(=O)NS(=O)(=O)C2CC2)NC(=O)[C@@H]2C[C@@H](Oc3nc4ncccc4nc3-c3cccs3)CN2C1=O)OC1CCCC1. The molecule has 292 valence electrons. The highest BCUT2D eigenvalue weighted by molar-refractivity contribution is 7.91. The molecule has 3 aliphatic carbocycles. The molecule has 0 bridgehead atoms. The molecule has 5 atom stereocenters. The van der Waals surface area contributed by atoms with Crippen molar-refractivity contribution < 1.29 is 37.1 Å². The molecular formula is C38H45N7O8S2. The Labute approximate surface area is 323 Å². The number of ether oxygens (including phenoxy) is 2. The van der Waals surface area contributed by atoms with Crippen molar-refractivity contribution in [2.45, 2.75) is 119 Å². The topological polar surface area (TPSA) is 199 Å². The van der Waals surface area contributed by atoms with Gasteiger partial charge in [0.15, 0.2) is 5.65 Å². The number of nitrogens with zero attached hydrogens (tertiary/aromatic N) is 4. The number of fused-ring (bicyclic) bond motifs is 3. The Kier molecular flexibility index (Phi) is 10.5. The fraction of sp³-hybridized carbons (Fsp3) is 0.553. The Balaban J connectivity index is 1.10. The van der Waals surface area contributed by atoms with Gasteiger partial charge in [0.1, 0.15) is 41.0 Å². The van der Waals surface area contributed by atoms with Crippen molar-refractivity contribution in [2.24, 2.45) is 5.92 Å². The Hall–Kier alpha value is -4.64. The van der Waals surface area contributed by atoms with E-state index in [1.807, 2.05) is 29.7 Å². The Morgan fingerprint density at radius 3 is 2.58 bits per heavy atom. The molecule has 17 heteroatoms. The van der Waals surface area contributed by atoms with Gasteiger partial charge >= 0.3 is 6.09 Å². The number of thiophene rings is 1. The largest absolute Gasteiger partial charge is 0.471 e. The third-order valence-electron chi connectivity index (χ3n) is 11.2. The van der Waals surface area contributed by atoms with Gasteiger partial charge in [-0.05, 0) is 87.8 Å². The monoisotopic (exact) mass is 791 g/mol. The predicted molar refractivity (Wildman–Crippen MR) is 202 cm³/mol. The van der Waals surface area contributed by atoms with Gasteiger partial charge in [0.25, 0.3) is 5.91 Å². The lowest BCUT2D eigenvalue weighted by molar-refractivity contribution is -0.141. The molecule has 3 aromatic heterocycles. The fourth-order valence-electron chi connectivity index (χ4n) is 7.87. The van der Waals surface area contributed by atoms with E-state index in [0.717, 1.165) is 43.4 Å². The van der Waals surface area contributed by atoms with E-state index in [1.165, 1.54) is 16.2 Å². The van der Waals surface area contributed by atoms with Crippen LogP contribution in [0.25, 0.3) is 21.7 Å². The summed E-state index contributed by atoms with van der Waals surface area (Å²) in [4.78, 5) is 72.0. The average molecular weight is 792 g/mol. The summed E-state index contributed by atoms with van der Waals surface area (Å²) in [5, 5.41) is 6.99. The first-order chi connectivity index (χ1) is 26.6. The number of sulfonamides is 1. The number of alkyl carbamates (subject to hydrolysis) is 1. The third-order valence-corrected chi connectivity index (χ3v) is 13.8. The van der Waals surface area contributed by atoms with Gasteiger partial charge in [-0.15, -0.1) is 11.3 Å². The van der Waals surface area contributed by atoms with Gasteiger partial charge in [-0.2, -0.15) is 4.98 Å². The molecule has 3 aromatic rings. The molecule has 1 saturated heterocycles. The summed E-state index contributed by atoms with van der Waals surface area (Å²) in [6.07, 6.45) is 11.7. The van der Waals surface area contributed by atoms with Crippen molar-refractivity contribution in [1.29, 1.82) is 0 Å². The highest BCUT2D eigenvalue weighted by atomic mass is 32.2. The maximum absolute atomic E-state index is 14.6. The number of amides is 4. The number of aromatic nitrogens is 3. The van der Waals surface area contributed by atoms with Crippen molar-refractivity contribution in [3.63, 3.8) is 0 Å². The van der Waals surface area contributed by atoms with Crippen LogP contribution in [-0.2, 0) is 29.1 Å². The van der Waals surface area contributed by atoms with Crippen LogP contribution in [0, 0.1) is 5.92 Å². The first-order valence-corrected chi connectivity index (χ1v) is 21.7. The van der Waals surface area contributed by atoms with Crippen molar-refractivity contribution in [3.8, 4) is 16.5 Å². The molecule has 8 rings (SSSR count). The van der Waals surface area contributed by atoms with Crippen LogP contribution in [0.2, 0.25) is 0 Å². The molecule has 5 aliphatic rings. The lowest BCUT2D eigenvalue weighted by Gasteiger charge is -2.30. The Morgan fingerprint density at radius 2 is 1.80 bits per heavy atom. The lowest BCUT2D eigenvalue weighted by atomic mass is 10.0. The van der Waals surface area contributed by atoms with E-state index in [9.17, 15) is 27.6 Å². The number of hydrogen-bond acceptors (Lipinski definition) is 12. The molecule has 2 aliphatic heterocycles. The van der Waals surface area contributed by atoms with Crippen LogP contribution in [-0.4, -0.2) is 93.7 Å². The van der Waals surface area contributed by atoms with Crippen molar-refractivity contribution in [2.75, 3.05) is 6.54 Å².